The number of nitriles is 1. The lowest BCUT2D eigenvalue weighted by molar-refractivity contribution is 0.442. The number of aromatic nitrogens is 3. The Balaban J connectivity index is 1.54. The molecule has 1 fully saturated rings. The first-order valence-corrected chi connectivity index (χ1v) is 12.8. The Labute approximate surface area is 203 Å². The maximum Gasteiger partial charge on any atom is 0.321 e. The van der Waals surface area contributed by atoms with Crippen LogP contribution in [0.4, 0.5) is 5.69 Å². The van der Waals surface area contributed by atoms with Crippen LogP contribution in [0.1, 0.15) is 38.3 Å². The van der Waals surface area contributed by atoms with Crippen molar-refractivity contribution in [3.05, 3.63) is 66.5 Å². The summed E-state index contributed by atoms with van der Waals surface area (Å²) < 4.78 is 37.5. The van der Waals surface area contributed by atoms with E-state index >= 15 is 0 Å². The summed E-state index contributed by atoms with van der Waals surface area (Å²) in [6.45, 7) is 3.51. The second-order valence-electron chi connectivity index (χ2n) is 8.70. The summed E-state index contributed by atoms with van der Waals surface area (Å²) in [6.07, 6.45) is 5.27. The van der Waals surface area contributed by atoms with E-state index in [1.807, 2.05) is 24.3 Å². The number of ether oxygens (including phenoxy) is 1. The quantitative estimate of drug-likeness (QED) is 0.369. The summed E-state index contributed by atoms with van der Waals surface area (Å²) in [7, 11) is -3.67. The van der Waals surface area contributed by atoms with Crippen molar-refractivity contribution in [2.45, 2.75) is 38.8 Å². The SMILES string of the molecule is CC(C)NS(=O)(=O)Nc1ccc(-c2c(C#N)c3ccc(Oc4ncccn4)cc3n2C2CC2)cc1. The van der Waals surface area contributed by atoms with Crippen molar-refractivity contribution in [1.82, 2.24) is 19.3 Å². The lowest BCUT2D eigenvalue weighted by atomic mass is 10.1. The average Bonchev–Trinajstić information content (AvgIpc) is 3.60. The number of rotatable bonds is 8. The molecule has 9 nitrogen and oxygen atoms in total. The van der Waals surface area contributed by atoms with Crippen LogP contribution in [-0.4, -0.2) is 29.0 Å². The van der Waals surface area contributed by atoms with Crippen LogP contribution in [0, 0.1) is 11.3 Å². The van der Waals surface area contributed by atoms with E-state index < -0.39 is 10.2 Å². The van der Waals surface area contributed by atoms with Crippen molar-refractivity contribution in [2.24, 2.45) is 0 Å². The molecule has 0 bridgehead atoms. The van der Waals surface area contributed by atoms with Crippen LogP contribution in [0.3, 0.4) is 0 Å². The Morgan fingerprint density at radius 3 is 2.46 bits per heavy atom. The first-order valence-electron chi connectivity index (χ1n) is 11.3. The summed E-state index contributed by atoms with van der Waals surface area (Å²) in [6, 6.07) is 17.1. The smallest absolute Gasteiger partial charge is 0.321 e. The van der Waals surface area contributed by atoms with E-state index in [9.17, 15) is 13.7 Å². The van der Waals surface area contributed by atoms with E-state index in [1.54, 1.807) is 50.5 Å². The maximum atomic E-state index is 12.2. The van der Waals surface area contributed by atoms with E-state index in [0.29, 0.717) is 17.0 Å². The minimum Gasteiger partial charge on any atom is -0.424 e. The highest BCUT2D eigenvalue weighted by atomic mass is 32.2. The van der Waals surface area contributed by atoms with Crippen molar-refractivity contribution in [1.29, 1.82) is 5.26 Å². The molecule has 1 aliphatic carbocycles. The third-order valence-electron chi connectivity index (χ3n) is 5.55. The minimum absolute atomic E-state index is 0.221. The fourth-order valence-corrected chi connectivity index (χ4v) is 5.22. The van der Waals surface area contributed by atoms with Crippen LogP contribution < -0.4 is 14.2 Å². The molecule has 0 unspecified atom stereocenters. The summed E-state index contributed by atoms with van der Waals surface area (Å²) in [5.74, 6) is 0.585. The van der Waals surface area contributed by atoms with Gasteiger partial charge in [-0.2, -0.15) is 18.4 Å². The van der Waals surface area contributed by atoms with Gasteiger partial charge in [-0.1, -0.05) is 12.1 Å². The third kappa shape index (κ3) is 4.82. The van der Waals surface area contributed by atoms with Gasteiger partial charge in [0.05, 0.1) is 16.8 Å². The lowest BCUT2D eigenvalue weighted by Crippen LogP contribution is -2.35. The lowest BCUT2D eigenvalue weighted by Gasteiger charge is -2.13. The molecule has 4 aromatic rings. The standard InChI is InChI=1S/C25H24N6O3S/c1-16(2)29-35(32,33)30-18-6-4-17(5-7-18)24-22(15-26)21-11-10-20(34-25-27-12-3-13-28-25)14-23(21)31(24)19-8-9-19/h3-7,10-14,16,19,29-30H,8-9H2,1-2H3. The summed E-state index contributed by atoms with van der Waals surface area (Å²) in [5.41, 5.74) is 3.56. The highest BCUT2D eigenvalue weighted by Gasteiger charge is 2.31. The first-order chi connectivity index (χ1) is 16.8. The van der Waals surface area contributed by atoms with Gasteiger partial charge in [0.2, 0.25) is 0 Å². The fraction of sp³-hybridized carbons (Fsp3) is 0.240. The summed E-state index contributed by atoms with van der Waals surface area (Å²) in [4.78, 5) is 8.23. The van der Waals surface area contributed by atoms with Crippen LogP contribution >= 0.6 is 0 Å². The number of nitrogens with zero attached hydrogens (tertiary/aromatic N) is 4. The second-order valence-corrected chi connectivity index (χ2v) is 10.2. The predicted octanol–water partition coefficient (Wildman–Crippen LogP) is 4.75. The van der Waals surface area contributed by atoms with E-state index in [1.165, 1.54) is 0 Å². The Hall–Kier alpha value is -3.94. The molecule has 2 N–H and O–H groups in total. The second kappa shape index (κ2) is 9.02. The third-order valence-corrected chi connectivity index (χ3v) is 6.84. The Morgan fingerprint density at radius 1 is 1.11 bits per heavy atom. The number of hydrogen-bond acceptors (Lipinski definition) is 6. The molecule has 1 aliphatic rings. The number of benzene rings is 2. The van der Waals surface area contributed by atoms with Crippen LogP contribution in [0.25, 0.3) is 22.2 Å². The van der Waals surface area contributed by atoms with Crippen molar-refractivity contribution in [2.75, 3.05) is 4.72 Å². The number of fused-ring (bicyclic) bond motifs is 1. The predicted molar refractivity (Wildman–Crippen MR) is 133 cm³/mol. The molecular formula is C25H24N6O3S. The van der Waals surface area contributed by atoms with Crippen molar-refractivity contribution in [3.8, 4) is 29.1 Å². The molecular weight excluding hydrogens is 464 g/mol. The molecule has 5 rings (SSSR count). The monoisotopic (exact) mass is 488 g/mol. The normalized spacial score (nSPS) is 13.7. The van der Waals surface area contributed by atoms with Gasteiger partial charge in [0.15, 0.2) is 0 Å². The zero-order valence-electron chi connectivity index (χ0n) is 19.3. The molecule has 10 heteroatoms. The molecule has 1 saturated carbocycles. The van der Waals surface area contributed by atoms with Crippen molar-refractivity contribution in [3.63, 3.8) is 0 Å². The van der Waals surface area contributed by atoms with Gasteiger partial charge in [0.25, 0.3) is 10.2 Å². The molecule has 0 radical (unpaired) electrons. The van der Waals surface area contributed by atoms with E-state index in [4.69, 9.17) is 4.74 Å². The minimum atomic E-state index is -3.67. The molecule has 178 valence electrons. The summed E-state index contributed by atoms with van der Waals surface area (Å²) >= 11 is 0. The van der Waals surface area contributed by atoms with E-state index in [-0.39, 0.29) is 18.1 Å². The van der Waals surface area contributed by atoms with Gasteiger partial charge >= 0.3 is 6.01 Å². The Morgan fingerprint density at radius 2 is 1.83 bits per heavy atom. The van der Waals surface area contributed by atoms with Gasteiger partial charge in [-0.3, -0.25) is 4.72 Å². The van der Waals surface area contributed by atoms with E-state index in [0.717, 1.165) is 35.0 Å². The Kier molecular flexibility index (Phi) is 5.88. The average molecular weight is 489 g/mol. The van der Waals surface area contributed by atoms with Crippen LogP contribution in [0.15, 0.2) is 60.9 Å². The molecule has 35 heavy (non-hydrogen) atoms. The fourth-order valence-electron chi connectivity index (χ4n) is 4.10. The van der Waals surface area contributed by atoms with Gasteiger partial charge < -0.3 is 9.30 Å². The van der Waals surface area contributed by atoms with Crippen LogP contribution in [0.2, 0.25) is 0 Å². The van der Waals surface area contributed by atoms with Gasteiger partial charge in [0.1, 0.15) is 11.8 Å². The highest BCUT2D eigenvalue weighted by molar-refractivity contribution is 7.90. The number of nitrogens with one attached hydrogen (secondary N) is 2. The van der Waals surface area contributed by atoms with Crippen LogP contribution in [-0.2, 0) is 10.2 Å². The van der Waals surface area contributed by atoms with Gasteiger partial charge in [-0.25, -0.2) is 9.97 Å². The van der Waals surface area contributed by atoms with Crippen molar-refractivity contribution >= 4 is 26.8 Å². The molecule has 0 amide bonds. The molecule has 0 atom stereocenters. The largest absolute Gasteiger partial charge is 0.424 e. The number of hydrogen-bond donors (Lipinski definition) is 2. The van der Waals surface area contributed by atoms with Crippen LogP contribution in [0.5, 0.6) is 11.8 Å². The molecule has 2 heterocycles. The first kappa shape index (κ1) is 22.8. The highest BCUT2D eigenvalue weighted by Crippen LogP contribution is 2.45. The van der Waals surface area contributed by atoms with Gasteiger partial charge in [-0.05, 0) is 62.6 Å². The number of anilines is 1. The maximum absolute atomic E-state index is 12.2. The van der Waals surface area contributed by atoms with E-state index in [2.05, 4.69) is 30.0 Å². The topological polar surface area (TPSA) is 122 Å². The molecule has 2 aromatic carbocycles. The zero-order chi connectivity index (χ0) is 24.6. The van der Waals surface area contributed by atoms with Crippen molar-refractivity contribution < 1.29 is 13.2 Å². The molecule has 2 aromatic heterocycles. The van der Waals surface area contributed by atoms with Gasteiger partial charge in [-0.15, -0.1) is 0 Å². The molecule has 0 spiro atoms. The van der Waals surface area contributed by atoms with Gasteiger partial charge in [0, 0.05) is 41.6 Å². The zero-order valence-corrected chi connectivity index (χ0v) is 20.1. The Bertz CT molecular complexity index is 1520. The summed E-state index contributed by atoms with van der Waals surface area (Å²) in [5, 5.41) is 10.9. The molecule has 0 saturated heterocycles. The molecule has 0 aliphatic heterocycles.